The van der Waals surface area contributed by atoms with Gasteiger partial charge in [0.2, 0.25) is 0 Å². The van der Waals surface area contributed by atoms with Gasteiger partial charge in [0, 0.05) is 31.7 Å². The maximum absolute atomic E-state index is 5.94. The van der Waals surface area contributed by atoms with Gasteiger partial charge in [-0.05, 0) is 13.3 Å². The van der Waals surface area contributed by atoms with Crippen LogP contribution in [0, 0.1) is 0 Å². The summed E-state index contributed by atoms with van der Waals surface area (Å²) >= 11 is 5.94. The molecule has 4 nitrogen and oxygen atoms in total. The number of nitrogens with zero attached hydrogens (tertiary/aromatic N) is 2. The van der Waals surface area contributed by atoms with E-state index in [4.69, 9.17) is 16.3 Å². The topological polar surface area (TPSA) is 47.0 Å². The molecule has 1 aromatic heterocycles. The lowest BCUT2D eigenvalue weighted by Crippen LogP contribution is -2.09. The van der Waals surface area contributed by atoms with Crippen LogP contribution in [-0.2, 0) is 4.74 Å². The molecule has 1 N–H and O–H groups in total. The first-order chi connectivity index (χ1) is 8.13. The average Bonchev–Trinajstić information content (AvgIpc) is 2.28. The number of aromatic nitrogens is 2. The van der Waals surface area contributed by atoms with Crippen LogP contribution in [0.25, 0.3) is 0 Å². The van der Waals surface area contributed by atoms with Gasteiger partial charge in [-0.2, -0.15) is 0 Å². The Morgan fingerprint density at radius 3 is 2.82 bits per heavy atom. The van der Waals surface area contributed by atoms with Gasteiger partial charge in [0.25, 0.3) is 0 Å². The minimum Gasteiger partial charge on any atom is -0.382 e. The molecular weight excluding hydrogens is 238 g/mol. The van der Waals surface area contributed by atoms with Crippen molar-refractivity contribution < 1.29 is 4.74 Å². The van der Waals surface area contributed by atoms with E-state index in [1.54, 1.807) is 6.07 Å². The first kappa shape index (κ1) is 14.2. The van der Waals surface area contributed by atoms with E-state index in [2.05, 4.69) is 15.3 Å². The molecule has 1 heterocycles. The zero-order valence-electron chi connectivity index (χ0n) is 10.7. The number of hydrogen-bond acceptors (Lipinski definition) is 4. The van der Waals surface area contributed by atoms with Gasteiger partial charge in [-0.1, -0.05) is 25.4 Å². The van der Waals surface area contributed by atoms with Crippen molar-refractivity contribution >= 4 is 17.4 Å². The molecule has 1 rings (SSSR count). The van der Waals surface area contributed by atoms with Crippen molar-refractivity contribution in [3.8, 4) is 0 Å². The van der Waals surface area contributed by atoms with Crippen LogP contribution in [0.3, 0.4) is 0 Å². The largest absolute Gasteiger partial charge is 0.382 e. The molecule has 96 valence electrons. The Labute approximate surface area is 108 Å². The molecule has 0 aliphatic carbocycles. The molecule has 0 aliphatic rings. The highest BCUT2D eigenvalue weighted by atomic mass is 35.5. The van der Waals surface area contributed by atoms with Crippen molar-refractivity contribution in [2.75, 3.05) is 25.1 Å². The second-order valence-electron chi connectivity index (χ2n) is 4.07. The van der Waals surface area contributed by atoms with E-state index in [0.29, 0.717) is 5.15 Å². The minimum atomic E-state index is 0.276. The van der Waals surface area contributed by atoms with Gasteiger partial charge in [0.15, 0.2) is 0 Å². The molecule has 0 bridgehead atoms. The fourth-order valence-corrected chi connectivity index (χ4v) is 1.51. The van der Waals surface area contributed by atoms with Gasteiger partial charge < -0.3 is 10.1 Å². The number of anilines is 1. The van der Waals surface area contributed by atoms with Crippen LogP contribution in [0.5, 0.6) is 0 Å². The number of rotatable bonds is 7. The molecule has 5 heteroatoms. The van der Waals surface area contributed by atoms with Crippen LogP contribution in [0.4, 0.5) is 5.82 Å². The highest BCUT2D eigenvalue weighted by Gasteiger charge is 2.06. The molecule has 0 saturated carbocycles. The van der Waals surface area contributed by atoms with Crippen molar-refractivity contribution in [3.63, 3.8) is 0 Å². The number of ether oxygens (including phenoxy) is 1. The van der Waals surface area contributed by atoms with Crippen LogP contribution in [0.15, 0.2) is 6.07 Å². The lowest BCUT2D eigenvalue weighted by atomic mass is 10.2. The lowest BCUT2D eigenvalue weighted by Gasteiger charge is -2.09. The lowest BCUT2D eigenvalue weighted by molar-refractivity contribution is 0.147. The molecule has 0 amide bonds. The van der Waals surface area contributed by atoms with Crippen molar-refractivity contribution in [2.24, 2.45) is 0 Å². The zero-order chi connectivity index (χ0) is 12.7. The summed E-state index contributed by atoms with van der Waals surface area (Å²) in [6.45, 7) is 8.43. The van der Waals surface area contributed by atoms with Crippen LogP contribution < -0.4 is 5.32 Å². The van der Waals surface area contributed by atoms with Gasteiger partial charge in [-0.15, -0.1) is 0 Å². The number of halogens is 1. The van der Waals surface area contributed by atoms with Crippen molar-refractivity contribution in [3.05, 3.63) is 17.0 Å². The highest BCUT2D eigenvalue weighted by molar-refractivity contribution is 6.29. The fourth-order valence-electron chi connectivity index (χ4n) is 1.32. The SMILES string of the molecule is CCOCCCNc1cc(Cl)nc(C(C)C)n1. The average molecular weight is 258 g/mol. The summed E-state index contributed by atoms with van der Waals surface area (Å²) in [5, 5.41) is 3.71. The molecule has 0 aromatic carbocycles. The maximum atomic E-state index is 5.94. The molecule has 0 aliphatic heterocycles. The predicted molar refractivity (Wildman–Crippen MR) is 70.7 cm³/mol. The Morgan fingerprint density at radius 2 is 2.18 bits per heavy atom. The van der Waals surface area contributed by atoms with Gasteiger partial charge in [-0.25, -0.2) is 9.97 Å². The third-order valence-electron chi connectivity index (χ3n) is 2.20. The highest BCUT2D eigenvalue weighted by Crippen LogP contribution is 2.16. The summed E-state index contributed by atoms with van der Waals surface area (Å²) < 4.78 is 5.26. The molecule has 0 radical (unpaired) electrons. The van der Waals surface area contributed by atoms with Crippen molar-refractivity contribution in [1.29, 1.82) is 0 Å². The standard InChI is InChI=1S/C12H20ClN3O/c1-4-17-7-5-6-14-11-8-10(13)15-12(16-11)9(2)3/h8-9H,4-7H2,1-3H3,(H,14,15,16). The Kier molecular flexibility index (Phi) is 6.22. The summed E-state index contributed by atoms with van der Waals surface area (Å²) in [5.41, 5.74) is 0. The molecule has 17 heavy (non-hydrogen) atoms. The molecule has 0 unspecified atom stereocenters. The van der Waals surface area contributed by atoms with E-state index in [1.807, 2.05) is 20.8 Å². The van der Waals surface area contributed by atoms with Crippen LogP contribution in [0.2, 0.25) is 5.15 Å². The van der Waals surface area contributed by atoms with E-state index < -0.39 is 0 Å². The van der Waals surface area contributed by atoms with Crippen LogP contribution in [-0.4, -0.2) is 29.7 Å². The first-order valence-corrected chi connectivity index (χ1v) is 6.37. The van der Waals surface area contributed by atoms with Crippen LogP contribution >= 0.6 is 11.6 Å². The van der Waals surface area contributed by atoms with Gasteiger partial charge in [-0.3, -0.25) is 0 Å². The molecule has 0 spiro atoms. The van der Waals surface area contributed by atoms with E-state index in [9.17, 15) is 0 Å². The van der Waals surface area contributed by atoms with Gasteiger partial charge >= 0.3 is 0 Å². The quantitative estimate of drug-likeness (QED) is 0.602. The van der Waals surface area contributed by atoms with E-state index >= 15 is 0 Å². The van der Waals surface area contributed by atoms with E-state index in [0.717, 1.165) is 37.8 Å². The Balaban J connectivity index is 2.47. The Bertz CT molecular complexity index is 345. The van der Waals surface area contributed by atoms with Crippen molar-refractivity contribution in [2.45, 2.75) is 33.1 Å². The Hall–Kier alpha value is -0.870. The van der Waals surface area contributed by atoms with E-state index in [-0.39, 0.29) is 5.92 Å². The number of nitrogens with one attached hydrogen (secondary N) is 1. The second-order valence-corrected chi connectivity index (χ2v) is 4.45. The van der Waals surface area contributed by atoms with Gasteiger partial charge in [0.05, 0.1) is 0 Å². The van der Waals surface area contributed by atoms with Crippen molar-refractivity contribution in [1.82, 2.24) is 9.97 Å². The monoisotopic (exact) mass is 257 g/mol. The molecule has 0 atom stereocenters. The molecule has 0 fully saturated rings. The summed E-state index contributed by atoms with van der Waals surface area (Å²) in [6.07, 6.45) is 0.951. The summed E-state index contributed by atoms with van der Waals surface area (Å²) in [5.74, 6) is 1.83. The Morgan fingerprint density at radius 1 is 1.41 bits per heavy atom. The second kappa shape index (κ2) is 7.45. The third-order valence-corrected chi connectivity index (χ3v) is 2.40. The predicted octanol–water partition coefficient (Wildman–Crippen LogP) is 3.09. The smallest absolute Gasteiger partial charge is 0.135 e. The zero-order valence-corrected chi connectivity index (χ0v) is 11.4. The molecular formula is C12H20ClN3O. The maximum Gasteiger partial charge on any atom is 0.135 e. The third kappa shape index (κ3) is 5.33. The normalized spacial score (nSPS) is 10.9. The summed E-state index contributed by atoms with van der Waals surface area (Å²) in [6, 6.07) is 1.74. The molecule has 1 aromatic rings. The fraction of sp³-hybridized carbons (Fsp3) is 0.667. The van der Waals surface area contributed by atoms with Gasteiger partial charge in [0.1, 0.15) is 16.8 Å². The minimum absolute atomic E-state index is 0.276. The van der Waals surface area contributed by atoms with Crippen LogP contribution in [0.1, 0.15) is 38.9 Å². The summed E-state index contributed by atoms with van der Waals surface area (Å²) in [7, 11) is 0. The summed E-state index contributed by atoms with van der Waals surface area (Å²) in [4.78, 5) is 8.58. The van der Waals surface area contributed by atoms with E-state index in [1.165, 1.54) is 0 Å². The number of hydrogen-bond donors (Lipinski definition) is 1. The first-order valence-electron chi connectivity index (χ1n) is 5.99. The molecule has 0 saturated heterocycles.